The van der Waals surface area contributed by atoms with Gasteiger partial charge in [-0.1, -0.05) is 30.3 Å². The van der Waals surface area contributed by atoms with Crippen LogP contribution < -0.4 is 5.32 Å². The van der Waals surface area contributed by atoms with E-state index in [1.807, 2.05) is 12.3 Å². The molecule has 1 aromatic carbocycles. The molecule has 0 amide bonds. The molecule has 0 unspecified atom stereocenters. The van der Waals surface area contributed by atoms with Crippen LogP contribution in [0.5, 0.6) is 0 Å². The van der Waals surface area contributed by atoms with Crippen molar-refractivity contribution in [3.63, 3.8) is 0 Å². The lowest BCUT2D eigenvalue weighted by Gasteiger charge is -2.09. The number of hydrogen-bond donors (Lipinski definition) is 1. The Balaban J connectivity index is 1.93. The summed E-state index contributed by atoms with van der Waals surface area (Å²) in [6, 6.07) is 12.5. The first-order chi connectivity index (χ1) is 8.27. The van der Waals surface area contributed by atoms with Crippen LogP contribution in [0.25, 0.3) is 0 Å². The Morgan fingerprint density at radius 2 is 1.76 bits per heavy atom. The molecule has 0 aliphatic rings. The predicted molar refractivity (Wildman–Crippen MR) is 72.3 cm³/mol. The summed E-state index contributed by atoms with van der Waals surface area (Å²) in [4.78, 5) is 4.32. The average molecular weight is 226 g/mol. The molecular formula is C15H18N2. The summed E-state index contributed by atoms with van der Waals surface area (Å²) in [6.07, 6.45) is 2.85. The number of rotatable bonds is 4. The number of aromatic nitrogens is 1. The van der Waals surface area contributed by atoms with Crippen LogP contribution >= 0.6 is 0 Å². The van der Waals surface area contributed by atoms with Gasteiger partial charge >= 0.3 is 0 Å². The minimum absolute atomic E-state index is 0.919. The van der Waals surface area contributed by atoms with E-state index in [0.717, 1.165) is 18.8 Å². The number of hydrogen-bond acceptors (Lipinski definition) is 2. The maximum Gasteiger partial charge on any atom is 0.128 e. The second-order valence-corrected chi connectivity index (χ2v) is 4.27. The Kier molecular flexibility index (Phi) is 3.76. The Hall–Kier alpha value is -1.83. The molecule has 0 radical (unpaired) electrons. The van der Waals surface area contributed by atoms with E-state index in [2.05, 4.69) is 54.5 Å². The molecule has 88 valence electrons. The largest absolute Gasteiger partial charge is 0.370 e. The average Bonchev–Trinajstić information content (AvgIpc) is 2.34. The van der Waals surface area contributed by atoms with E-state index in [9.17, 15) is 0 Å². The molecule has 1 aromatic heterocycles. The topological polar surface area (TPSA) is 24.9 Å². The summed E-state index contributed by atoms with van der Waals surface area (Å²) >= 11 is 0. The zero-order valence-corrected chi connectivity index (χ0v) is 10.4. The highest BCUT2D eigenvalue weighted by Gasteiger charge is 1.99. The smallest absolute Gasteiger partial charge is 0.128 e. The molecule has 0 fully saturated rings. The lowest BCUT2D eigenvalue weighted by atomic mass is 10.1. The minimum Gasteiger partial charge on any atom is -0.370 e. The molecule has 2 nitrogen and oxygen atoms in total. The third-order valence-electron chi connectivity index (χ3n) is 2.96. The van der Waals surface area contributed by atoms with Gasteiger partial charge in [0.15, 0.2) is 0 Å². The van der Waals surface area contributed by atoms with E-state index in [0.29, 0.717) is 0 Å². The first-order valence-corrected chi connectivity index (χ1v) is 5.97. The van der Waals surface area contributed by atoms with Gasteiger partial charge in [-0.3, -0.25) is 0 Å². The van der Waals surface area contributed by atoms with Gasteiger partial charge in [0, 0.05) is 12.7 Å². The molecule has 2 rings (SSSR count). The minimum atomic E-state index is 0.919. The van der Waals surface area contributed by atoms with Crippen LogP contribution in [0.4, 0.5) is 5.82 Å². The van der Waals surface area contributed by atoms with Crippen molar-refractivity contribution in [2.75, 3.05) is 11.9 Å². The molecule has 0 aliphatic heterocycles. The Bertz CT molecular complexity index is 446. The highest BCUT2D eigenvalue weighted by Crippen LogP contribution is 2.11. The fourth-order valence-electron chi connectivity index (χ4n) is 1.88. The Morgan fingerprint density at radius 3 is 2.53 bits per heavy atom. The van der Waals surface area contributed by atoms with Crippen LogP contribution in [0.1, 0.15) is 16.7 Å². The van der Waals surface area contributed by atoms with Gasteiger partial charge in [0.05, 0.1) is 0 Å². The number of benzene rings is 1. The van der Waals surface area contributed by atoms with Gasteiger partial charge < -0.3 is 5.32 Å². The summed E-state index contributed by atoms with van der Waals surface area (Å²) in [5.74, 6) is 0.987. The summed E-state index contributed by atoms with van der Waals surface area (Å²) in [5, 5.41) is 3.38. The van der Waals surface area contributed by atoms with Crippen molar-refractivity contribution in [3.05, 3.63) is 59.3 Å². The zero-order chi connectivity index (χ0) is 12.1. The van der Waals surface area contributed by atoms with Gasteiger partial charge in [0.1, 0.15) is 5.82 Å². The van der Waals surface area contributed by atoms with Crippen molar-refractivity contribution in [1.82, 2.24) is 4.98 Å². The molecule has 0 spiro atoms. The number of anilines is 1. The van der Waals surface area contributed by atoms with Crippen molar-refractivity contribution in [2.45, 2.75) is 20.3 Å². The predicted octanol–water partition coefficient (Wildman–Crippen LogP) is 3.35. The van der Waals surface area contributed by atoms with E-state index in [-0.39, 0.29) is 0 Å². The molecule has 0 atom stereocenters. The molecule has 17 heavy (non-hydrogen) atoms. The summed E-state index contributed by atoms with van der Waals surface area (Å²) in [5.41, 5.74) is 3.94. The van der Waals surface area contributed by atoms with Gasteiger partial charge in [0.25, 0.3) is 0 Å². The molecule has 2 aromatic rings. The number of nitrogens with one attached hydrogen (secondary N) is 1. The summed E-state index contributed by atoms with van der Waals surface area (Å²) in [6.45, 7) is 5.15. The first-order valence-electron chi connectivity index (χ1n) is 5.97. The molecule has 2 heteroatoms. The van der Waals surface area contributed by atoms with Crippen molar-refractivity contribution < 1.29 is 0 Å². The molecule has 0 aliphatic carbocycles. The maximum atomic E-state index is 4.32. The third-order valence-corrected chi connectivity index (χ3v) is 2.96. The zero-order valence-electron chi connectivity index (χ0n) is 10.4. The highest BCUT2D eigenvalue weighted by molar-refractivity contribution is 5.42. The standard InChI is InChI=1S/C15H18N2/c1-12-6-3-4-8-14(12)9-11-17-15-13(2)7-5-10-16-15/h3-8,10H,9,11H2,1-2H3,(H,16,17). The first kappa shape index (κ1) is 11.6. The van der Waals surface area contributed by atoms with E-state index < -0.39 is 0 Å². The second-order valence-electron chi connectivity index (χ2n) is 4.27. The van der Waals surface area contributed by atoms with E-state index >= 15 is 0 Å². The lowest BCUT2D eigenvalue weighted by Crippen LogP contribution is -2.08. The maximum absolute atomic E-state index is 4.32. The summed E-state index contributed by atoms with van der Waals surface area (Å²) in [7, 11) is 0. The quantitative estimate of drug-likeness (QED) is 0.864. The van der Waals surface area contributed by atoms with Crippen LogP contribution in [0.2, 0.25) is 0 Å². The third kappa shape index (κ3) is 3.06. The van der Waals surface area contributed by atoms with Crippen LogP contribution in [-0.4, -0.2) is 11.5 Å². The number of nitrogens with zero attached hydrogens (tertiary/aromatic N) is 1. The van der Waals surface area contributed by atoms with Crippen LogP contribution in [0, 0.1) is 13.8 Å². The molecule has 1 heterocycles. The number of aryl methyl sites for hydroxylation is 2. The van der Waals surface area contributed by atoms with Gasteiger partial charge in [-0.05, 0) is 43.0 Å². The fraction of sp³-hybridized carbons (Fsp3) is 0.267. The van der Waals surface area contributed by atoms with Crippen molar-refractivity contribution in [2.24, 2.45) is 0 Å². The molecular weight excluding hydrogens is 208 g/mol. The van der Waals surface area contributed by atoms with Crippen molar-refractivity contribution >= 4 is 5.82 Å². The molecule has 0 saturated heterocycles. The molecule has 0 bridgehead atoms. The van der Waals surface area contributed by atoms with Crippen LogP contribution in [0.15, 0.2) is 42.6 Å². The lowest BCUT2D eigenvalue weighted by molar-refractivity contribution is 0.989. The van der Waals surface area contributed by atoms with Crippen molar-refractivity contribution in [1.29, 1.82) is 0 Å². The van der Waals surface area contributed by atoms with E-state index in [1.54, 1.807) is 0 Å². The summed E-state index contributed by atoms with van der Waals surface area (Å²) < 4.78 is 0. The SMILES string of the molecule is Cc1ccccc1CCNc1ncccc1C. The molecule has 0 saturated carbocycles. The number of pyridine rings is 1. The van der Waals surface area contributed by atoms with Crippen LogP contribution in [0.3, 0.4) is 0 Å². The Morgan fingerprint density at radius 1 is 1.00 bits per heavy atom. The molecule has 1 N–H and O–H groups in total. The van der Waals surface area contributed by atoms with Gasteiger partial charge in [-0.2, -0.15) is 0 Å². The van der Waals surface area contributed by atoms with E-state index in [1.165, 1.54) is 16.7 Å². The Labute approximate surface area is 103 Å². The van der Waals surface area contributed by atoms with Gasteiger partial charge in [-0.15, -0.1) is 0 Å². The van der Waals surface area contributed by atoms with Crippen LogP contribution in [-0.2, 0) is 6.42 Å². The van der Waals surface area contributed by atoms with Gasteiger partial charge in [-0.25, -0.2) is 4.98 Å². The fourth-order valence-corrected chi connectivity index (χ4v) is 1.88. The van der Waals surface area contributed by atoms with E-state index in [4.69, 9.17) is 0 Å². The van der Waals surface area contributed by atoms with Gasteiger partial charge in [0.2, 0.25) is 0 Å². The second kappa shape index (κ2) is 5.48. The monoisotopic (exact) mass is 226 g/mol. The highest BCUT2D eigenvalue weighted by atomic mass is 15.0. The normalized spacial score (nSPS) is 10.2. The van der Waals surface area contributed by atoms with Crippen molar-refractivity contribution in [3.8, 4) is 0 Å².